The Labute approximate surface area is 202 Å². The highest BCUT2D eigenvalue weighted by Crippen LogP contribution is 2.34. The van der Waals surface area contributed by atoms with E-state index in [2.05, 4.69) is 4.90 Å². The first kappa shape index (κ1) is 24.2. The van der Waals surface area contributed by atoms with Crippen molar-refractivity contribution in [3.8, 4) is 0 Å². The molecule has 0 N–H and O–H groups in total. The lowest BCUT2D eigenvalue weighted by Gasteiger charge is -2.27. The van der Waals surface area contributed by atoms with Crippen LogP contribution in [0.1, 0.15) is 22.3 Å². The van der Waals surface area contributed by atoms with E-state index in [0.717, 1.165) is 55.0 Å². The molecule has 1 saturated heterocycles. The Morgan fingerprint density at radius 3 is 2.71 bits per heavy atom. The van der Waals surface area contributed by atoms with Crippen LogP contribution < -0.4 is 4.90 Å². The van der Waals surface area contributed by atoms with Gasteiger partial charge >= 0.3 is 0 Å². The lowest BCUT2D eigenvalue weighted by Crippen LogP contribution is -2.39. The van der Waals surface area contributed by atoms with Crippen molar-refractivity contribution in [2.45, 2.75) is 13.3 Å². The number of aryl methyl sites for hydroxylation is 1. The first-order valence-corrected chi connectivity index (χ1v) is 11.5. The van der Waals surface area contributed by atoms with E-state index in [1.54, 1.807) is 29.2 Å². The van der Waals surface area contributed by atoms with Crippen LogP contribution in [0.25, 0.3) is 10.2 Å². The molecule has 1 aliphatic rings. The summed E-state index contributed by atoms with van der Waals surface area (Å²) in [5, 5.41) is 1.90. The number of rotatable bonds is 6. The number of morpholine rings is 1. The molecule has 0 saturated carbocycles. The van der Waals surface area contributed by atoms with Crippen molar-refractivity contribution >= 4 is 68.2 Å². The number of aromatic nitrogens is 1. The van der Waals surface area contributed by atoms with E-state index in [4.69, 9.17) is 32.9 Å². The molecular weight excluding hydrogens is 477 g/mol. The molecule has 0 radical (unpaired) electrons. The molecule has 2 aromatic carbocycles. The lowest BCUT2D eigenvalue weighted by atomic mass is 10.2. The van der Waals surface area contributed by atoms with Crippen molar-refractivity contribution < 1.29 is 9.53 Å². The summed E-state index contributed by atoms with van der Waals surface area (Å²) in [4.78, 5) is 22.3. The number of carbonyl (C=O) groups is 1. The number of nitrogens with zero attached hydrogens (tertiary/aromatic N) is 3. The number of halogens is 3. The highest BCUT2D eigenvalue weighted by Gasteiger charge is 2.22. The third-order valence-corrected chi connectivity index (χ3v) is 6.63. The van der Waals surface area contributed by atoms with Gasteiger partial charge < -0.3 is 4.74 Å². The Morgan fingerprint density at radius 1 is 1.19 bits per heavy atom. The second-order valence-electron chi connectivity index (χ2n) is 7.34. The van der Waals surface area contributed by atoms with Gasteiger partial charge in [-0.05, 0) is 49.2 Å². The SMILES string of the molecule is Cc1cc(Cl)cc2sc(N(CCCN3CCOCC3)C(=O)c3cccc(Cl)c3)nc12.Cl. The van der Waals surface area contributed by atoms with E-state index in [1.165, 1.54) is 11.3 Å². The van der Waals surface area contributed by atoms with Crippen LogP contribution in [0, 0.1) is 6.92 Å². The molecule has 5 nitrogen and oxygen atoms in total. The zero-order valence-electron chi connectivity index (χ0n) is 17.1. The van der Waals surface area contributed by atoms with Gasteiger partial charge in [-0.1, -0.05) is 40.6 Å². The second kappa shape index (κ2) is 10.9. The minimum Gasteiger partial charge on any atom is -0.379 e. The number of thiazole rings is 1. The normalized spacial score (nSPS) is 14.4. The molecule has 2 heterocycles. The van der Waals surface area contributed by atoms with Crippen LogP contribution in [0.4, 0.5) is 5.13 Å². The van der Waals surface area contributed by atoms with E-state index in [1.807, 2.05) is 19.1 Å². The number of ether oxygens (including phenoxy) is 1. The molecule has 0 unspecified atom stereocenters. The average Bonchev–Trinajstić information content (AvgIpc) is 3.15. The minimum absolute atomic E-state index is 0. The van der Waals surface area contributed by atoms with E-state index in [0.29, 0.717) is 27.3 Å². The summed E-state index contributed by atoms with van der Waals surface area (Å²) in [5.41, 5.74) is 2.45. The number of benzene rings is 2. The fourth-order valence-electron chi connectivity index (χ4n) is 3.60. The molecule has 4 rings (SSSR count). The van der Waals surface area contributed by atoms with Gasteiger partial charge in [-0.25, -0.2) is 4.98 Å². The van der Waals surface area contributed by atoms with Crippen LogP contribution in [0.2, 0.25) is 10.0 Å². The maximum atomic E-state index is 13.4. The highest BCUT2D eigenvalue weighted by atomic mass is 35.5. The van der Waals surface area contributed by atoms with Gasteiger partial charge in [-0.15, -0.1) is 12.4 Å². The van der Waals surface area contributed by atoms with Gasteiger partial charge in [0.25, 0.3) is 5.91 Å². The zero-order valence-corrected chi connectivity index (χ0v) is 20.3. The highest BCUT2D eigenvalue weighted by molar-refractivity contribution is 7.22. The van der Waals surface area contributed by atoms with Gasteiger partial charge in [0.1, 0.15) is 0 Å². The Balaban J connectivity index is 0.00000272. The van der Waals surface area contributed by atoms with Crippen LogP contribution in [0.3, 0.4) is 0 Å². The van der Waals surface area contributed by atoms with E-state index >= 15 is 0 Å². The zero-order chi connectivity index (χ0) is 21.1. The fraction of sp³-hybridized carbons (Fsp3) is 0.364. The number of carbonyl (C=O) groups excluding carboxylic acids is 1. The molecule has 31 heavy (non-hydrogen) atoms. The van der Waals surface area contributed by atoms with Crippen LogP contribution >= 0.6 is 46.9 Å². The molecule has 1 aromatic heterocycles. The van der Waals surface area contributed by atoms with Gasteiger partial charge in [0.05, 0.1) is 23.4 Å². The minimum atomic E-state index is -0.0951. The Bertz CT molecular complexity index is 1050. The Hall–Kier alpha value is -1.41. The molecule has 1 amide bonds. The summed E-state index contributed by atoms with van der Waals surface area (Å²) in [7, 11) is 0. The summed E-state index contributed by atoms with van der Waals surface area (Å²) in [5.74, 6) is -0.0951. The van der Waals surface area contributed by atoms with Crippen molar-refractivity contribution in [1.82, 2.24) is 9.88 Å². The molecule has 0 atom stereocenters. The standard InChI is InChI=1S/C22H23Cl2N3O2S.ClH/c1-15-12-18(24)14-19-20(15)25-22(30-19)27(7-3-6-26-8-10-29-11-9-26)21(28)16-4-2-5-17(23)13-16;/h2,4-5,12-14H,3,6-11H2,1H3;1H. The number of hydrogen-bond acceptors (Lipinski definition) is 5. The first-order valence-electron chi connectivity index (χ1n) is 9.95. The Kier molecular flexibility index (Phi) is 8.56. The van der Waals surface area contributed by atoms with Crippen molar-refractivity contribution in [2.24, 2.45) is 0 Å². The molecule has 3 aromatic rings. The summed E-state index contributed by atoms with van der Waals surface area (Å²) in [6.07, 6.45) is 0.849. The smallest absolute Gasteiger partial charge is 0.260 e. The summed E-state index contributed by atoms with van der Waals surface area (Å²) in [6, 6.07) is 10.9. The van der Waals surface area contributed by atoms with Crippen LogP contribution in [-0.4, -0.2) is 55.2 Å². The maximum Gasteiger partial charge on any atom is 0.260 e. The predicted octanol–water partition coefficient (Wildman–Crippen LogP) is 5.70. The van der Waals surface area contributed by atoms with Gasteiger partial charge in [0.15, 0.2) is 5.13 Å². The van der Waals surface area contributed by atoms with E-state index in [9.17, 15) is 4.79 Å². The fourth-order valence-corrected chi connectivity index (χ4v) is 5.23. The monoisotopic (exact) mass is 499 g/mol. The summed E-state index contributed by atoms with van der Waals surface area (Å²) >= 11 is 13.8. The van der Waals surface area contributed by atoms with Gasteiger partial charge in [-0.2, -0.15) is 0 Å². The molecule has 0 spiro atoms. The number of anilines is 1. The van der Waals surface area contributed by atoms with Crippen LogP contribution in [0.15, 0.2) is 36.4 Å². The van der Waals surface area contributed by atoms with E-state index < -0.39 is 0 Å². The molecule has 1 aliphatic heterocycles. The quantitative estimate of drug-likeness (QED) is 0.435. The van der Waals surface area contributed by atoms with Crippen molar-refractivity contribution in [2.75, 3.05) is 44.3 Å². The molecule has 166 valence electrons. The molecule has 9 heteroatoms. The van der Waals surface area contributed by atoms with Crippen molar-refractivity contribution in [1.29, 1.82) is 0 Å². The third kappa shape index (κ3) is 5.89. The predicted molar refractivity (Wildman–Crippen MR) is 132 cm³/mol. The number of fused-ring (bicyclic) bond motifs is 1. The number of hydrogen-bond donors (Lipinski definition) is 0. The van der Waals surface area contributed by atoms with Gasteiger partial charge in [-0.3, -0.25) is 14.6 Å². The summed E-state index contributed by atoms with van der Waals surface area (Å²) in [6.45, 7) is 6.88. The van der Waals surface area contributed by atoms with Crippen molar-refractivity contribution in [3.05, 3.63) is 57.6 Å². The molecule has 1 fully saturated rings. The molecule has 0 bridgehead atoms. The molecular formula is C22H24Cl3N3O2S. The number of amides is 1. The lowest BCUT2D eigenvalue weighted by molar-refractivity contribution is 0.0376. The van der Waals surface area contributed by atoms with Gasteiger partial charge in [0, 0.05) is 41.8 Å². The average molecular weight is 501 g/mol. The topological polar surface area (TPSA) is 45.7 Å². The molecule has 0 aliphatic carbocycles. The maximum absolute atomic E-state index is 13.4. The largest absolute Gasteiger partial charge is 0.379 e. The first-order chi connectivity index (χ1) is 14.5. The van der Waals surface area contributed by atoms with Crippen LogP contribution in [0.5, 0.6) is 0 Å². The van der Waals surface area contributed by atoms with Crippen molar-refractivity contribution in [3.63, 3.8) is 0 Å². The second-order valence-corrected chi connectivity index (χ2v) is 9.22. The summed E-state index contributed by atoms with van der Waals surface area (Å²) < 4.78 is 6.40. The third-order valence-electron chi connectivity index (χ3n) is 5.15. The van der Waals surface area contributed by atoms with Crippen LogP contribution in [-0.2, 0) is 4.74 Å². The van der Waals surface area contributed by atoms with Gasteiger partial charge in [0.2, 0.25) is 0 Å². The Morgan fingerprint density at radius 2 is 1.97 bits per heavy atom. The van der Waals surface area contributed by atoms with E-state index in [-0.39, 0.29) is 18.3 Å².